The summed E-state index contributed by atoms with van der Waals surface area (Å²) in [7, 11) is 0. The van der Waals surface area contributed by atoms with Gasteiger partial charge in [-0.3, -0.25) is 9.69 Å². The van der Waals surface area contributed by atoms with Gasteiger partial charge in [-0.15, -0.1) is 0 Å². The lowest BCUT2D eigenvalue weighted by molar-refractivity contribution is -0.128. The van der Waals surface area contributed by atoms with Crippen molar-refractivity contribution in [2.75, 3.05) is 32.8 Å². The van der Waals surface area contributed by atoms with Crippen molar-refractivity contribution in [1.82, 2.24) is 19.4 Å². The van der Waals surface area contributed by atoms with Crippen LogP contribution in [0.1, 0.15) is 25.1 Å². The van der Waals surface area contributed by atoms with E-state index in [0.29, 0.717) is 17.9 Å². The SMILES string of the molecule is O=C1CCCN1CC1CN(C2CCOC2)Cc2nccn2C1. The lowest BCUT2D eigenvalue weighted by atomic mass is 10.1. The molecule has 4 heterocycles. The standard InChI is InChI=1S/C16H24N4O2/c21-16-2-1-5-19(16)9-13-8-18-6-4-17-15(18)11-20(10-13)14-3-7-22-12-14/h4,6,13-14H,1-3,5,7-12H2. The second-order valence-corrected chi connectivity index (χ2v) is 6.75. The number of hydrogen-bond acceptors (Lipinski definition) is 4. The van der Waals surface area contributed by atoms with Gasteiger partial charge in [-0.2, -0.15) is 0 Å². The largest absolute Gasteiger partial charge is 0.380 e. The lowest BCUT2D eigenvalue weighted by Crippen LogP contribution is -2.41. The average molecular weight is 304 g/mol. The van der Waals surface area contributed by atoms with E-state index < -0.39 is 0 Å². The van der Waals surface area contributed by atoms with Gasteiger partial charge in [-0.05, 0) is 12.8 Å². The Balaban J connectivity index is 1.51. The van der Waals surface area contributed by atoms with Crippen molar-refractivity contribution >= 4 is 5.91 Å². The Morgan fingerprint density at radius 2 is 2.32 bits per heavy atom. The third-order valence-electron chi connectivity index (χ3n) is 5.17. The van der Waals surface area contributed by atoms with Crippen molar-refractivity contribution in [1.29, 1.82) is 0 Å². The number of carbonyl (C=O) groups is 1. The molecule has 3 aliphatic heterocycles. The third-order valence-corrected chi connectivity index (χ3v) is 5.17. The number of aromatic nitrogens is 2. The molecular weight excluding hydrogens is 280 g/mol. The summed E-state index contributed by atoms with van der Waals surface area (Å²) in [5, 5.41) is 0. The van der Waals surface area contributed by atoms with Crippen molar-refractivity contribution < 1.29 is 9.53 Å². The maximum absolute atomic E-state index is 11.9. The number of fused-ring (bicyclic) bond motifs is 1. The predicted molar refractivity (Wildman–Crippen MR) is 81.2 cm³/mol. The number of imidazole rings is 1. The van der Waals surface area contributed by atoms with Crippen LogP contribution in [0.5, 0.6) is 0 Å². The molecule has 1 aromatic heterocycles. The van der Waals surface area contributed by atoms with Crippen LogP contribution >= 0.6 is 0 Å². The fourth-order valence-electron chi connectivity index (χ4n) is 3.98. The summed E-state index contributed by atoms with van der Waals surface area (Å²) in [6.07, 6.45) is 6.81. The normalized spacial score (nSPS) is 29.8. The first-order chi connectivity index (χ1) is 10.8. The zero-order valence-electron chi connectivity index (χ0n) is 13.0. The molecule has 1 aromatic rings. The van der Waals surface area contributed by atoms with E-state index >= 15 is 0 Å². The van der Waals surface area contributed by atoms with E-state index in [9.17, 15) is 4.79 Å². The summed E-state index contributed by atoms with van der Waals surface area (Å²) >= 11 is 0. The molecule has 0 N–H and O–H groups in total. The van der Waals surface area contributed by atoms with Crippen LogP contribution in [0.15, 0.2) is 12.4 Å². The highest BCUT2D eigenvalue weighted by Gasteiger charge is 2.32. The number of amides is 1. The highest BCUT2D eigenvalue weighted by molar-refractivity contribution is 5.78. The zero-order valence-corrected chi connectivity index (χ0v) is 13.0. The quantitative estimate of drug-likeness (QED) is 0.826. The fraction of sp³-hybridized carbons (Fsp3) is 0.750. The Hall–Kier alpha value is -1.40. The number of rotatable bonds is 3. The molecule has 0 radical (unpaired) electrons. The molecule has 6 nitrogen and oxygen atoms in total. The number of carbonyl (C=O) groups excluding carboxylic acids is 1. The molecule has 4 rings (SSSR count). The van der Waals surface area contributed by atoms with Gasteiger partial charge in [0.05, 0.1) is 13.2 Å². The van der Waals surface area contributed by atoms with Gasteiger partial charge in [0, 0.05) is 63.6 Å². The molecule has 2 atom stereocenters. The van der Waals surface area contributed by atoms with Crippen LogP contribution in [-0.4, -0.2) is 64.1 Å². The second kappa shape index (κ2) is 6.01. The smallest absolute Gasteiger partial charge is 0.222 e. The monoisotopic (exact) mass is 304 g/mol. The van der Waals surface area contributed by atoms with E-state index in [1.54, 1.807) is 0 Å². The van der Waals surface area contributed by atoms with E-state index in [-0.39, 0.29) is 0 Å². The van der Waals surface area contributed by atoms with E-state index in [1.807, 2.05) is 6.20 Å². The van der Waals surface area contributed by atoms with Gasteiger partial charge in [-0.25, -0.2) is 4.98 Å². The van der Waals surface area contributed by atoms with Gasteiger partial charge in [0.1, 0.15) is 5.82 Å². The van der Waals surface area contributed by atoms with Crippen LogP contribution in [0.4, 0.5) is 0 Å². The van der Waals surface area contributed by atoms with Crippen LogP contribution in [0.2, 0.25) is 0 Å². The Morgan fingerprint density at radius 3 is 3.09 bits per heavy atom. The Kier molecular flexibility index (Phi) is 3.88. The Morgan fingerprint density at radius 1 is 1.36 bits per heavy atom. The maximum Gasteiger partial charge on any atom is 0.222 e. The van der Waals surface area contributed by atoms with Crippen molar-refractivity contribution in [3.8, 4) is 0 Å². The van der Waals surface area contributed by atoms with Gasteiger partial charge in [0.15, 0.2) is 0 Å². The van der Waals surface area contributed by atoms with Gasteiger partial charge in [0.2, 0.25) is 5.91 Å². The number of likely N-dealkylation sites (tertiary alicyclic amines) is 1. The van der Waals surface area contributed by atoms with Crippen molar-refractivity contribution in [2.45, 2.75) is 38.4 Å². The maximum atomic E-state index is 11.9. The lowest BCUT2D eigenvalue weighted by Gasteiger charge is -2.30. The molecule has 0 saturated carbocycles. The molecule has 6 heteroatoms. The van der Waals surface area contributed by atoms with Crippen LogP contribution < -0.4 is 0 Å². The fourth-order valence-corrected chi connectivity index (χ4v) is 3.98. The first-order valence-corrected chi connectivity index (χ1v) is 8.39. The van der Waals surface area contributed by atoms with Gasteiger partial charge < -0.3 is 14.2 Å². The van der Waals surface area contributed by atoms with E-state index in [1.165, 1.54) is 0 Å². The molecule has 2 unspecified atom stereocenters. The van der Waals surface area contributed by atoms with E-state index in [0.717, 1.165) is 71.0 Å². The summed E-state index contributed by atoms with van der Waals surface area (Å²) in [6.45, 7) is 6.38. The molecule has 0 aromatic carbocycles. The minimum absolute atomic E-state index is 0.325. The number of nitrogens with zero attached hydrogens (tertiary/aromatic N) is 4. The molecule has 0 aliphatic carbocycles. The van der Waals surface area contributed by atoms with Crippen LogP contribution in [0, 0.1) is 5.92 Å². The summed E-state index contributed by atoms with van der Waals surface area (Å²) in [6, 6.07) is 0.500. The number of ether oxygens (including phenoxy) is 1. The van der Waals surface area contributed by atoms with Crippen molar-refractivity contribution in [3.05, 3.63) is 18.2 Å². The van der Waals surface area contributed by atoms with Gasteiger partial charge in [0.25, 0.3) is 0 Å². The first kappa shape index (κ1) is 14.2. The van der Waals surface area contributed by atoms with E-state index in [2.05, 4.69) is 25.5 Å². The minimum Gasteiger partial charge on any atom is -0.380 e. The summed E-state index contributed by atoms with van der Waals surface area (Å²) in [5.41, 5.74) is 0. The van der Waals surface area contributed by atoms with Crippen LogP contribution in [0.3, 0.4) is 0 Å². The van der Waals surface area contributed by atoms with Crippen molar-refractivity contribution in [3.63, 3.8) is 0 Å². The number of hydrogen-bond donors (Lipinski definition) is 0. The Bertz CT molecular complexity index is 538. The highest BCUT2D eigenvalue weighted by atomic mass is 16.5. The van der Waals surface area contributed by atoms with Gasteiger partial charge >= 0.3 is 0 Å². The molecular formula is C16H24N4O2. The zero-order chi connectivity index (χ0) is 14.9. The topological polar surface area (TPSA) is 50.6 Å². The molecule has 2 fully saturated rings. The van der Waals surface area contributed by atoms with Crippen LogP contribution in [-0.2, 0) is 22.6 Å². The molecule has 120 valence electrons. The highest BCUT2D eigenvalue weighted by Crippen LogP contribution is 2.23. The summed E-state index contributed by atoms with van der Waals surface area (Å²) in [4.78, 5) is 21.0. The molecule has 22 heavy (non-hydrogen) atoms. The first-order valence-electron chi connectivity index (χ1n) is 8.39. The molecule has 0 spiro atoms. The van der Waals surface area contributed by atoms with E-state index in [4.69, 9.17) is 4.74 Å². The third kappa shape index (κ3) is 2.77. The molecule has 1 amide bonds. The average Bonchev–Trinajstić information content (AvgIpc) is 3.22. The molecule has 0 bridgehead atoms. The minimum atomic E-state index is 0.325. The van der Waals surface area contributed by atoms with Crippen LogP contribution in [0.25, 0.3) is 0 Å². The Labute approximate surface area is 131 Å². The van der Waals surface area contributed by atoms with Crippen molar-refractivity contribution in [2.24, 2.45) is 5.92 Å². The summed E-state index contributed by atoms with van der Waals surface area (Å²) in [5.74, 6) is 1.94. The van der Waals surface area contributed by atoms with Gasteiger partial charge in [-0.1, -0.05) is 0 Å². The molecule has 2 saturated heterocycles. The predicted octanol–water partition coefficient (Wildman–Crippen LogP) is 0.726. The summed E-state index contributed by atoms with van der Waals surface area (Å²) < 4.78 is 7.84. The molecule has 3 aliphatic rings. The second-order valence-electron chi connectivity index (χ2n) is 6.75.